The molecular formula is C22H35N5O4S. The maximum absolute atomic E-state index is 13.2. The summed E-state index contributed by atoms with van der Waals surface area (Å²) in [6, 6.07) is 2.21. The molecule has 3 saturated heterocycles. The maximum atomic E-state index is 13.2. The van der Waals surface area contributed by atoms with Gasteiger partial charge in [-0.2, -0.15) is 4.31 Å². The van der Waals surface area contributed by atoms with E-state index < -0.39 is 10.0 Å². The van der Waals surface area contributed by atoms with Crippen LogP contribution in [0.25, 0.3) is 0 Å². The van der Waals surface area contributed by atoms with Crippen LogP contribution in [0, 0.1) is 0 Å². The van der Waals surface area contributed by atoms with Crippen LogP contribution in [0.3, 0.4) is 0 Å². The summed E-state index contributed by atoms with van der Waals surface area (Å²) < 4.78 is 33.5. The molecule has 0 radical (unpaired) electrons. The van der Waals surface area contributed by atoms with E-state index in [1.165, 1.54) is 0 Å². The van der Waals surface area contributed by atoms with Gasteiger partial charge in [0.15, 0.2) is 5.69 Å². The SMILES string of the molecule is CN(C)C1CCN(CCS(=O)(=O)N2[C@@H]3CC[C@H]2C[C@@H](NC(=O)c2cc(C4CC4)on2)C3)C1. The Morgan fingerprint density at radius 3 is 2.53 bits per heavy atom. The smallest absolute Gasteiger partial charge is 0.273 e. The van der Waals surface area contributed by atoms with Crippen molar-refractivity contribution in [2.75, 3.05) is 39.5 Å². The summed E-state index contributed by atoms with van der Waals surface area (Å²) in [4.78, 5) is 17.1. The molecule has 1 unspecified atom stereocenters. The average Bonchev–Trinajstić information content (AvgIpc) is 3.17. The topological polar surface area (TPSA) is 99.0 Å². The second kappa shape index (κ2) is 8.70. The van der Waals surface area contributed by atoms with E-state index in [-0.39, 0.29) is 29.8 Å². The Hall–Kier alpha value is -1.49. The molecular weight excluding hydrogens is 430 g/mol. The Kier molecular flexibility index (Phi) is 6.06. The minimum atomic E-state index is -3.31. The number of carbonyl (C=O) groups excluding carboxylic acids is 1. The molecule has 178 valence electrons. The largest absolute Gasteiger partial charge is 0.360 e. The molecule has 9 nitrogen and oxygen atoms in total. The number of carbonyl (C=O) groups is 1. The van der Waals surface area contributed by atoms with Crippen molar-refractivity contribution in [1.29, 1.82) is 0 Å². The normalized spacial score (nSPS) is 31.5. The number of sulfonamides is 1. The lowest BCUT2D eigenvalue weighted by atomic mass is 9.99. The summed E-state index contributed by atoms with van der Waals surface area (Å²) in [7, 11) is 0.857. The van der Waals surface area contributed by atoms with Gasteiger partial charge in [-0.15, -0.1) is 0 Å². The Morgan fingerprint density at radius 2 is 1.91 bits per heavy atom. The van der Waals surface area contributed by atoms with Gasteiger partial charge in [0.2, 0.25) is 10.0 Å². The number of hydrogen-bond donors (Lipinski definition) is 1. The summed E-state index contributed by atoms with van der Waals surface area (Å²) in [5.74, 6) is 1.18. The predicted molar refractivity (Wildman–Crippen MR) is 120 cm³/mol. The predicted octanol–water partition coefficient (Wildman–Crippen LogP) is 1.24. The number of likely N-dealkylation sites (tertiary alicyclic amines) is 1. The first-order chi connectivity index (χ1) is 15.3. The Balaban J connectivity index is 1.15. The van der Waals surface area contributed by atoms with Gasteiger partial charge in [-0.25, -0.2) is 8.42 Å². The first-order valence-corrected chi connectivity index (χ1v) is 13.6. The van der Waals surface area contributed by atoms with Crippen LogP contribution in [0.15, 0.2) is 10.6 Å². The van der Waals surface area contributed by atoms with Gasteiger partial charge in [-0.1, -0.05) is 5.16 Å². The van der Waals surface area contributed by atoms with E-state index >= 15 is 0 Å². The third kappa shape index (κ3) is 4.60. The first kappa shape index (κ1) is 22.3. The Labute approximate surface area is 190 Å². The molecule has 2 bridgehead atoms. The van der Waals surface area contributed by atoms with E-state index in [0.29, 0.717) is 37.0 Å². The van der Waals surface area contributed by atoms with Gasteiger partial charge in [0.1, 0.15) is 5.76 Å². The van der Waals surface area contributed by atoms with Crippen LogP contribution in [-0.4, -0.2) is 97.2 Å². The molecule has 0 spiro atoms. The number of hydrogen-bond acceptors (Lipinski definition) is 7. The lowest BCUT2D eigenvalue weighted by molar-refractivity contribution is 0.0900. The average molecular weight is 466 g/mol. The molecule has 4 fully saturated rings. The van der Waals surface area contributed by atoms with Crippen molar-refractivity contribution in [3.05, 3.63) is 17.5 Å². The number of piperidine rings is 1. The lowest BCUT2D eigenvalue weighted by Gasteiger charge is -2.38. The first-order valence-electron chi connectivity index (χ1n) is 12.0. The third-order valence-corrected chi connectivity index (χ3v) is 9.64. The molecule has 1 aliphatic carbocycles. The van der Waals surface area contributed by atoms with Gasteiger partial charge < -0.3 is 19.6 Å². The third-order valence-electron chi connectivity index (χ3n) is 7.71. The molecule has 1 aromatic heterocycles. The summed E-state index contributed by atoms with van der Waals surface area (Å²) in [5.41, 5.74) is 0.330. The number of likely N-dealkylation sites (N-methyl/N-ethyl adjacent to an activating group) is 1. The lowest BCUT2D eigenvalue weighted by Crippen LogP contribution is -2.53. The molecule has 1 saturated carbocycles. The minimum absolute atomic E-state index is 0.0171. The van der Waals surface area contributed by atoms with Crippen molar-refractivity contribution in [1.82, 2.24) is 24.6 Å². The minimum Gasteiger partial charge on any atom is -0.360 e. The van der Waals surface area contributed by atoms with Crippen LogP contribution in [0.1, 0.15) is 67.1 Å². The van der Waals surface area contributed by atoms with Crippen molar-refractivity contribution in [3.63, 3.8) is 0 Å². The molecule has 1 aromatic rings. The zero-order valence-corrected chi connectivity index (χ0v) is 19.9. The van der Waals surface area contributed by atoms with Gasteiger partial charge >= 0.3 is 0 Å². The van der Waals surface area contributed by atoms with Crippen LogP contribution in [0.4, 0.5) is 0 Å². The molecule has 4 heterocycles. The maximum Gasteiger partial charge on any atom is 0.273 e. The molecule has 3 aliphatic heterocycles. The van der Waals surface area contributed by atoms with Crippen LogP contribution in [0.5, 0.6) is 0 Å². The molecule has 32 heavy (non-hydrogen) atoms. The van der Waals surface area contributed by atoms with E-state index in [9.17, 15) is 13.2 Å². The van der Waals surface area contributed by atoms with Crippen LogP contribution >= 0.6 is 0 Å². The standard InChI is InChI=1S/C22H35N5O4S/c1-25(2)19-7-8-26(14-19)9-10-32(29,30)27-17-5-6-18(27)12-16(11-17)23-22(28)20-13-21(31-24-20)15-3-4-15/h13,15-19H,3-12,14H2,1-2H3,(H,23,28)/t16-,17+,18-,19?. The molecule has 10 heteroatoms. The van der Waals surface area contributed by atoms with Gasteiger partial charge in [0, 0.05) is 49.2 Å². The highest BCUT2D eigenvalue weighted by molar-refractivity contribution is 7.89. The second-order valence-electron chi connectivity index (χ2n) is 10.3. The van der Waals surface area contributed by atoms with Crippen molar-refractivity contribution in [3.8, 4) is 0 Å². The van der Waals surface area contributed by atoms with Crippen molar-refractivity contribution >= 4 is 15.9 Å². The van der Waals surface area contributed by atoms with E-state index in [4.69, 9.17) is 4.52 Å². The van der Waals surface area contributed by atoms with Crippen molar-refractivity contribution in [2.24, 2.45) is 0 Å². The monoisotopic (exact) mass is 465 g/mol. The van der Waals surface area contributed by atoms with E-state index in [1.807, 2.05) is 0 Å². The van der Waals surface area contributed by atoms with Gasteiger partial charge in [-0.3, -0.25) is 4.79 Å². The Morgan fingerprint density at radius 1 is 1.19 bits per heavy atom. The number of amides is 1. The second-order valence-corrected chi connectivity index (χ2v) is 12.3. The number of rotatable bonds is 8. The molecule has 5 rings (SSSR count). The van der Waals surface area contributed by atoms with Crippen molar-refractivity contribution in [2.45, 2.75) is 75.0 Å². The van der Waals surface area contributed by atoms with Gasteiger partial charge in [-0.05, 0) is 65.6 Å². The molecule has 1 amide bonds. The number of aromatic nitrogens is 1. The highest BCUT2D eigenvalue weighted by Gasteiger charge is 2.47. The summed E-state index contributed by atoms with van der Waals surface area (Å²) in [6.07, 6.45) is 6.37. The molecule has 4 atom stereocenters. The van der Waals surface area contributed by atoms with Gasteiger partial charge in [0.05, 0.1) is 5.75 Å². The summed E-state index contributed by atoms with van der Waals surface area (Å²) in [6.45, 7) is 2.50. The van der Waals surface area contributed by atoms with Crippen LogP contribution < -0.4 is 5.32 Å². The zero-order valence-electron chi connectivity index (χ0n) is 19.1. The fourth-order valence-electron chi connectivity index (χ4n) is 5.71. The van der Waals surface area contributed by atoms with E-state index in [1.54, 1.807) is 10.4 Å². The summed E-state index contributed by atoms with van der Waals surface area (Å²) in [5, 5.41) is 7.00. The molecule has 1 N–H and O–H groups in total. The van der Waals surface area contributed by atoms with Crippen molar-refractivity contribution < 1.29 is 17.7 Å². The fourth-order valence-corrected chi connectivity index (χ4v) is 7.70. The van der Waals surface area contributed by atoms with E-state index in [0.717, 1.165) is 51.0 Å². The highest BCUT2D eigenvalue weighted by Crippen LogP contribution is 2.40. The number of nitrogens with zero attached hydrogens (tertiary/aromatic N) is 4. The van der Waals surface area contributed by atoms with Crippen LogP contribution in [-0.2, 0) is 10.0 Å². The Bertz CT molecular complexity index is 930. The quantitative estimate of drug-likeness (QED) is 0.617. The van der Waals surface area contributed by atoms with Crippen LogP contribution in [0.2, 0.25) is 0 Å². The number of fused-ring (bicyclic) bond motifs is 2. The fraction of sp³-hybridized carbons (Fsp3) is 0.818. The summed E-state index contributed by atoms with van der Waals surface area (Å²) >= 11 is 0. The molecule has 0 aromatic carbocycles. The number of nitrogens with one attached hydrogen (secondary N) is 1. The highest BCUT2D eigenvalue weighted by atomic mass is 32.2. The molecule has 4 aliphatic rings. The van der Waals surface area contributed by atoms with Gasteiger partial charge in [0.25, 0.3) is 5.91 Å². The zero-order chi connectivity index (χ0) is 22.5. The van der Waals surface area contributed by atoms with E-state index in [2.05, 4.69) is 34.4 Å².